The predicted molar refractivity (Wildman–Crippen MR) is 91.3 cm³/mol. The Morgan fingerprint density at radius 2 is 1.42 bits per heavy atom. The second-order valence-electron chi connectivity index (χ2n) is 5.73. The molecule has 0 aliphatic carbocycles. The van der Waals surface area contributed by atoms with Crippen LogP contribution < -0.4 is 4.74 Å². The van der Waals surface area contributed by atoms with E-state index >= 15 is 0 Å². The van der Waals surface area contributed by atoms with Gasteiger partial charge in [-0.15, -0.1) is 0 Å². The van der Waals surface area contributed by atoms with E-state index in [4.69, 9.17) is 4.74 Å². The largest absolute Gasteiger partial charge is 0.415 e. The fourth-order valence-electron chi connectivity index (χ4n) is 2.66. The van der Waals surface area contributed by atoms with Gasteiger partial charge in [0.25, 0.3) is 0 Å². The summed E-state index contributed by atoms with van der Waals surface area (Å²) in [5.74, 6) is 0.653. The molecule has 1 fully saturated rings. The maximum atomic E-state index is 12.2. The van der Waals surface area contributed by atoms with Gasteiger partial charge in [0.15, 0.2) is 5.78 Å². The van der Waals surface area contributed by atoms with E-state index in [0.29, 0.717) is 38.5 Å². The number of ether oxygens (including phenoxy) is 1. The number of nitrogens with zero attached hydrogens (tertiary/aromatic N) is 2. The molecule has 1 heterocycles. The highest BCUT2D eigenvalue weighted by atomic mass is 16.6. The summed E-state index contributed by atoms with van der Waals surface area (Å²) < 4.78 is 5.34. The van der Waals surface area contributed by atoms with Crippen LogP contribution in [0.2, 0.25) is 0 Å². The van der Waals surface area contributed by atoms with Gasteiger partial charge in [-0.05, 0) is 12.1 Å². The first-order valence-corrected chi connectivity index (χ1v) is 8.05. The zero-order valence-electron chi connectivity index (χ0n) is 13.4. The summed E-state index contributed by atoms with van der Waals surface area (Å²) >= 11 is 0. The van der Waals surface area contributed by atoms with Gasteiger partial charge in [-0.1, -0.05) is 48.5 Å². The molecule has 1 amide bonds. The number of hydrogen-bond acceptors (Lipinski definition) is 4. The van der Waals surface area contributed by atoms with E-state index in [1.165, 1.54) is 0 Å². The van der Waals surface area contributed by atoms with Crippen LogP contribution in [-0.2, 0) is 0 Å². The number of Topliss-reactive ketones (excluding diaryl/α,β-unsaturated/α-hetero) is 1. The number of amides is 1. The third-order valence-electron chi connectivity index (χ3n) is 4.04. The fraction of sp³-hybridized carbons (Fsp3) is 0.263. The van der Waals surface area contributed by atoms with E-state index in [9.17, 15) is 9.59 Å². The molecule has 2 aromatic rings. The van der Waals surface area contributed by atoms with E-state index in [0.717, 1.165) is 5.56 Å². The lowest BCUT2D eigenvalue weighted by Gasteiger charge is -2.33. The van der Waals surface area contributed by atoms with Crippen LogP contribution in [0.4, 0.5) is 4.79 Å². The summed E-state index contributed by atoms with van der Waals surface area (Å²) in [7, 11) is 0. The number of hydrogen-bond donors (Lipinski definition) is 0. The molecule has 124 valence electrons. The summed E-state index contributed by atoms with van der Waals surface area (Å²) in [4.78, 5) is 28.1. The van der Waals surface area contributed by atoms with Crippen molar-refractivity contribution in [2.75, 3.05) is 32.7 Å². The van der Waals surface area contributed by atoms with Crippen LogP contribution in [0.15, 0.2) is 60.7 Å². The molecular formula is C19H20N2O3. The molecule has 0 unspecified atom stereocenters. The van der Waals surface area contributed by atoms with Gasteiger partial charge in [-0.2, -0.15) is 0 Å². The van der Waals surface area contributed by atoms with Crippen LogP contribution in [0.3, 0.4) is 0 Å². The molecule has 1 aliphatic rings. The van der Waals surface area contributed by atoms with Crippen LogP contribution in [-0.4, -0.2) is 54.4 Å². The van der Waals surface area contributed by atoms with Crippen LogP contribution in [0.1, 0.15) is 10.4 Å². The van der Waals surface area contributed by atoms with Crippen molar-refractivity contribution in [3.05, 3.63) is 66.2 Å². The number of carbonyl (C=O) groups is 2. The number of ketones is 1. The van der Waals surface area contributed by atoms with Crippen LogP contribution in [0.25, 0.3) is 0 Å². The van der Waals surface area contributed by atoms with Crippen molar-refractivity contribution >= 4 is 11.9 Å². The quantitative estimate of drug-likeness (QED) is 0.812. The lowest BCUT2D eigenvalue weighted by molar-refractivity contribution is 0.0845. The van der Waals surface area contributed by atoms with Crippen molar-refractivity contribution in [2.24, 2.45) is 0 Å². The van der Waals surface area contributed by atoms with E-state index in [-0.39, 0.29) is 11.9 Å². The number of para-hydroxylation sites is 1. The van der Waals surface area contributed by atoms with Gasteiger partial charge in [0, 0.05) is 31.7 Å². The summed E-state index contributed by atoms with van der Waals surface area (Å²) in [5.41, 5.74) is 0.725. The van der Waals surface area contributed by atoms with E-state index in [1.807, 2.05) is 48.5 Å². The average Bonchev–Trinajstić information content (AvgIpc) is 2.64. The number of piperazine rings is 1. The number of carbonyl (C=O) groups excluding carboxylic acids is 2. The molecule has 0 aromatic heterocycles. The minimum atomic E-state index is -0.338. The Labute approximate surface area is 141 Å². The highest BCUT2D eigenvalue weighted by Crippen LogP contribution is 2.12. The Morgan fingerprint density at radius 3 is 2.04 bits per heavy atom. The number of rotatable bonds is 4. The van der Waals surface area contributed by atoms with Gasteiger partial charge in [-0.25, -0.2) is 4.79 Å². The normalized spacial score (nSPS) is 15.1. The highest BCUT2D eigenvalue weighted by Gasteiger charge is 2.23. The zero-order valence-corrected chi connectivity index (χ0v) is 13.4. The molecule has 3 rings (SSSR count). The summed E-state index contributed by atoms with van der Waals surface area (Å²) in [5, 5.41) is 0. The second-order valence-corrected chi connectivity index (χ2v) is 5.73. The first-order chi connectivity index (χ1) is 11.7. The van der Waals surface area contributed by atoms with Crippen LogP contribution in [0.5, 0.6) is 5.75 Å². The van der Waals surface area contributed by atoms with Gasteiger partial charge >= 0.3 is 6.09 Å². The monoisotopic (exact) mass is 324 g/mol. The Hall–Kier alpha value is -2.66. The predicted octanol–water partition coefficient (Wildman–Crippen LogP) is 2.69. The minimum absolute atomic E-state index is 0.107. The van der Waals surface area contributed by atoms with Gasteiger partial charge < -0.3 is 9.64 Å². The molecule has 0 atom stereocenters. The van der Waals surface area contributed by atoms with Crippen molar-refractivity contribution in [1.29, 1.82) is 0 Å². The highest BCUT2D eigenvalue weighted by molar-refractivity contribution is 5.97. The standard InChI is InChI=1S/C19H20N2O3/c22-18(16-7-3-1-4-8-16)15-20-11-13-21(14-12-20)19(23)24-17-9-5-2-6-10-17/h1-10H,11-15H2. The Bertz CT molecular complexity index is 680. The Morgan fingerprint density at radius 1 is 0.833 bits per heavy atom. The lowest BCUT2D eigenvalue weighted by atomic mass is 10.1. The van der Waals surface area contributed by atoms with Gasteiger partial charge in [-0.3, -0.25) is 9.69 Å². The Balaban J connectivity index is 1.47. The summed E-state index contributed by atoms with van der Waals surface area (Å²) in [6.07, 6.45) is -0.338. The van der Waals surface area contributed by atoms with Crippen molar-refractivity contribution in [1.82, 2.24) is 9.80 Å². The number of benzene rings is 2. The van der Waals surface area contributed by atoms with Crippen LogP contribution >= 0.6 is 0 Å². The van der Waals surface area contributed by atoms with Gasteiger partial charge in [0.2, 0.25) is 0 Å². The molecule has 0 bridgehead atoms. The van der Waals surface area contributed by atoms with Crippen LogP contribution in [0, 0.1) is 0 Å². The first kappa shape index (κ1) is 16.2. The van der Waals surface area contributed by atoms with Crippen molar-refractivity contribution in [2.45, 2.75) is 0 Å². The molecule has 0 saturated carbocycles. The summed E-state index contributed by atoms with van der Waals surface area (Å²) in [6.45, 7) is 2.85. The molecule has 1 aliphatic heterocycles. The molecule has 0 spiro atoms. The molecule has 0 N–H and O–H groups in total. The molecule has 1 saturated heterocycles. The van der Waals surface area contributed by atoms with E-state index < -0.39 is 0 Å². The fourth-order valence-corrected chi connectivity index (χ4v) is 2.66. The third-order valence-corrected chi connectivity index (χ3v) is 4.04. The van der Waals surface area contributed by atoms with Crippen molar-refractivity contribution in [3.8, 4) is 5.75 Å². The lowest BCUT2D eigenvalue weighted by Crippen LogP contribution is -2.50. The van der Waals surface area contributed by atoms with E-state index in [2.05, 4.69) is 4.90 Å². The molecule has 0 radical (unpaired) electrons. The summed E-state index contributed by atoms with van der Waals surface area (Å²) in [6, 6.07) is 18.3. The van der Waals surface area contributed by atoms with E-state index in [1.54, 1.807) is 17.0 Å². The molecule has 24 heavy (non-hydrogen) atoms. The van der Waals surface area contributed by atoms with Crippen molar-refractivity contribution in [3.63, 3.8) is 0 Å². The molecule has 2 aromatic carbocycles. The van der Waals surface area contributed by atoms with Gasteiger partial charge in [0.1, 0.15) is 5.75 Å². The third kappa shape index (κ3) is 4.20. The maximum absolute atomic E-state index is 12.2. The maximum Gasteiger partial charge on any atom is 0.415 e. The SMILES string of the molecule is O=C(CN1CCN(C(=O)Oc2ccccc2)CC1)c1ccccc1. The topological polar surface area (TPSA) is 49.9 Å². The van der Waals surface area contributed by atoms with Gasteiger partial charge in [0.05, 0.1) is 6.54 Å². The minimum Gasteiger partial charge on any atom is -0.410 e. The Kier molecular flexibility index (Phi) is 5.23. The molecule has 5 heteroatoms. The zero-order chi connectivity index (χ0) is 16.8. The molecular weight excluding hydrogens is 304 g/mol. The average molecular weight is 324 g/mol. The molecule has 5 nitrogen and oxygen atoms in total. The second kappa shape index (κ2) is 7.75. The van der Waals surface area contributed by atoms with Crippen molar-refractivity contribution < 1.29 is 14.3 Å². The first-order valence-electron chi connectivity index (χ1n) is 8.05. The smallest absolute Gasteiger partial charge is 0.410 e.